The van der Waals surface area contributed by atoms with Gasteiger partial charge >= 0.3 is 5.97 Å². The second kappa shape index (κ2) is 6.40. The van der Waals surface area contributed by atoms with Gasteiger partial charge in [-0.15, -0.1) is 0 Å². The van der Waals surface area contributed by atoms with Crippen molar-refractivity contribution in [3.63, 3.8) is 0 Å². The fourth-order valence-electron chi connectivity index (χ4n) is 2.15. The standard InChI is InChI=1S/C14H20N2O2/c1-2-18-14(17)11-4-3-5-13(10-11)16-12-6-8-15-9-7-12/h3-5,10,12,15-16H,2,6-9H2,1H3. The lowest BCUT2D eigenvalue weighted by molar-refractivity contribution is 0.0526. The zero-order valence-electron chi connectivity index (χ0n) is 10.7. The van der Waals surface area contributed by atoms with Gasteiger partial charge in [0.25, 0.3) is 0 Å². The van der Waals surface area contributed by atoms with Crippen molar-refractivity contribution in [2.75, 3.05) is 25.0 Å². The van der Waals surface area contributed by atoms with Gasteiger partial charge in [0.2, 0.25) is 0 Å². The van der Waals surface area contributed by atoms with Gasteiger partial charge < -0.3 is 15.4 Å². The summed E-state index contributed by atoms with van der Waals surface area (Å²) < 4.78 is 5.00. The number of rotatable bonds is 4. The Kier molecular flexibility index (Phi) is 4.59. The highest BCUT2D eigenvalue weighted by Crippen LogP contribution is 2.16. The van der Waals surface area contributed by atoms with Crippen LogP contribution < -0.4 is 10.6 Å². The molecule has 18 heavy (non-hydrogen) atoms. The second-order valence-electron chi connectivity index (χ2n) is 4.47. The Labute approximate surface area is 108 Å². The minimum absolute atomic E-state index is 0.258. The molecule has 1 heterocycles. The lowest BCUT2D eigenvalue weighted by Gasteiger charge is -2.24. The Morgan fingerprint density at radius 2 is 2.22 bits per heavy atom. The molecule has 98 valence electrons. The highest BCUT2D eigenvalue weighted by Gasteiger charge is 2.13. The third-order valence-corrected chi connectivity index (χ3v) is 3.08. The summed E-state index contributed by atoms with van der Waals surface area (Å²) in [6, 6.07) is 8.01. The molecule has 0 spiro atoms. The van der Waals surface area contributed by atoms with Crippen molar-refractivity contribution in [3.8, 4) is 0 Å². The number of benzene rings is 1. The van der Waals surface area contributed by atoms with Gasteiger partial charge in [0.1, 0.15) is 0 Å². The lowest BCUT2D eigenvalue weighted by Crippen LogP contribution is -2.35. The molecule has 0 saturated carbocycles. The highest BCUT2D eigenvalue weighted by atomic mass is 16.5. The van der Waals surface area contributed by atoms with Crippen LogP contribution in [0, 0.1) is 0 Å². The molecule has 4 nitrogen and oxygen atoms in total. The van der Waals surface area contributed by atoms with Crippen molar-refractivity contribution in [1.82, 2.24) is 5.32 Å². The van der Waals surface area contributed by atoms with E-state index < -0.39 is 0 Å². The third-order valence-electron chi connectivity index (χ3n) is 3.08. The number of piperidine rings is 1. The molecule has 0 unspecified atom stereocenters. The monoisotopic (exact) mass is 248 g/mol. The van der Waals surface area contributed by atoms with E-state index in [1.807, 2.05) is 25.1 Å². The number of esters is 1. The SMILES string of the molecule is CCOC(=O)c1cccc(NC2CCNCC2)c1. The molecule has 0 atom stereocenters. The summed E-state index contributed by atoms with van der Waals surface area (Å²) in [6.07, 6.45) is 2.23. The van der Waals surface area contributed by atoms with Gasteiger partial charge in [0.05, 0.1) is 12.2 Å². The molecule has 0 amide bonds. The predicted octanol–water partition coefficient (Wildman–Crippen LogP) is 2.03. The molecule has 0 aliphatic carbocycles. The van der Waals surface area contributed by atoms with E-state index in [0.29, 0.717) is 18.2 Å². The zero-order valence-corrected chi connectivity index (χ0v) is 10.7. The average molecular weight is 248 g/mol. The average Bonchev–Trinajstić information content (AvgIpc) is 2.40. The van der Waals surface area contributed by atoms with E-state index in [1.165, 1.54) is 0 Å². The summed E-state index contributed by atoms with van der Waals surface area (Å²) in [4.78, 5) is 11.6. The Hall–Kier alpha value is -1.55. The fourth-order valence-corrected chi connectivity index (χ4v) is 2.15. The molecule has 1 fully saturated rings. The van der Waals surface area contributed by atoms with Crippen molar-refractivity contribution in [2.24, 2.45) is 0 Å². The Morgan fingerprint density at radius 1 is 1.44 bits per heavy atom. The number of hydrogen-bond acceptors (Lipinski definition) is 4. The van der Waals surface area contributed by atoms with Gasteiger partial charge in [-0.1, -0.05) is 6.07 Å². The van der Waals surface area contributed by atoms with E-state index in [4.69, 9.17) is 4.74 Å². The number of hydrogen-bond donors (Lipinski definition) is 2. The molecule has 2 N–H and O–H groups in total. The zero-order chi connectivity index (χ0) is 12.8. The van der Waals surface area contributed by atoms with Crippen LogP contribution in [0.1, 0.15) is 30.1 Å². The van der Waals surface area contributed by atoms with E-state index in [1.54, 1.807) is 6.07 Å². The summed E-state index contributed by atoms with van der Waals surface area (Å²) in [5.74, 6) is -0.258. The molecule has 1 aliphatic heterocycles. The van der Waals surface area contributed by atoms with Gasteiger partial charge in [-0.3, -0.25) is 0 Å². The fraction of sp³-hybridized carbons (Fsp3) is 0.500. The quantitative estimate of drug-likeness (QED) is 0.800. The first kappa shape index (κ1) is 12.9. The van der Waals surface area contributed by atoms with Crippen molar-refractivity contribution in [2.45, 2.75) is 25.8 Å². The smallest absolute Gasteiger partial charge is 0.338 e. The molecule has 1 saturated heterocycles. The van der Waals surface area contributed by atoms with E-state index in [9.17, 15) is 4.79 Å². The van der Waals surface area contributed by atoms with Crippen LogP contribution in [0.2, 0.25) is 0 Å². The maximum Gasteiger partial charge on any atom is 0.338 e. The molecule has 1 aromatic carbocycles. The predicted molar refractivity (Wildman–Crippen MR) is 71.9 cm³/mol. The van der Waals surface area contributed by atoms with Crippen LogP contribution in [0.15, 0.2) is 24.3 Å². The molecular weight excluding hydrogens is 228 g/mol. The first-order valence-electron chi connectivity index (χ1n) is 6.54. The lowest BCUT2D eigenvalue weighted by atomic mass is 10.1. The van der Waals surface area contributed by atoms with Crippen LogP contribution in [0.4, 0.5) is 5.69 Å². The maximum absolute atomic E-state index is 11.6. The van der Waals surface area contributed by atoms with Gasteiger partial charge in [0, 0.05) is 11.7 Å². The number of nitrogens with one attached hydrogen (secondary N) is 2. The van der Waals surface area contributed by atoms with Crippen molar-refractivity contribution in [3.05, 3.63) is 29.8 Å². The molecule has 0 radical (unpaired) electrons. The second-order valence-corrected chi connectivity index (χ2v) is 4.47. The molecule has 0 aromatic heterocycles. The molecule has 0 bridgehead atoms. The molecule has 2 rings (SSSR count). The van der Waals surface area contributed by atoms with Crippen LogP contribution in [0.5, 0.6) is 0 Å². The van der Waals surface area contributed by atoms with Crippen molar-refractivity contribution >= 4 is 11.7 Å². The molecular formula is C14H20N2O2. The summed E-state index contributed by atoms with van der Waals surface area (Å²) >= 11 is 0. The number of carbonyl (C=O) groups is 1. The highest BCUT2D eigenvalue weighted by molar-refractivity contribution is 5.90. The van der Waals surface area contributed by atoms with E-state index in [2.05, 4.69) is 10.6 Å². The summed E-state index contributed by atoms with van der Waals surface area (Å²) in [5, 5.41) is 6.80. The van der Waals surface area contributed by atoms with E-state index in [-0.39, 0.29) is 5.97 Å². The van der Waals surface area contributed by atoms with Crippen LogP contribution in [0.25, 0.3) is 0 Å². The summed E-state index contributed by atoms with van der Waals surface area (Å²) in [7, 11) is 0. The maximum atomic E-state index is 11.6. The summed E-state index contributed by atoms with van der Waals surface area (Å²) in [6.45, 7) is 4.32. The third kappa shape index (κ3) is 3.47. The number of carbonyl (C=O) groups excluding carboxylic acids is 1. The van der Waals surface area contributed by atoms with Crippen LogP contribution in [-0.2, 0) is 4.74 Å². The first-order chi connectivity index (χ1) is 8.79. The Bertz CT molecular complexity index is 401. The Balaban J connectivity index is 2.00. The van der Waals surface area contributed by atoms with Gasteiger partial charge in [0.15, 0.2) is 0 Å². The minimum Gasteiger partial charge on any atom is -0.462 e. The summed E-state index contributed by atoms with van der Waals surface area (Å²) in [5.41, 5.74) is 1.60. The topological polar surface area (TPSA) is 50.4 Å². The van der Waals surface area contributed by atoms with Gasteiger partial charge in [-0.2, -0.15) is 0 Å². The molecule has 4 heteroatoms. The Morgan fingerprint density at radius 3 is 2.94 bits per heavy atom. The van der Waals surface area contributed by atoms with Crippen molar-refractivity contribution < 1.29 is 9.53 Å². The van der Waals surface area contributed by atoms with Crippen LogP contribution in [0.3, 0.4) is 0 Å². The van der Waals surface area contributed by atoms with Crippen LogP contribution in [-0.4, -0.2) is 31.7 Å². The van der Waals surface area contributed by atoms with Gasteiger partial charge in [-0.05, 0) is 51.1 Å². The number of ether oxygens (including phenoxy) is 1. The molecule has 1 aromatic rings. The minimum atomic E-state index is -0.258. The number of anilines is 1. The first-order valence-corrected chi connectivity index (χ1v) is 6.54. The van der Waals surface area contributed by atoms with E-state index in [0.717, 1.165) is 31.6 Å². The molecule has 1 aliphatic rings. The van der Waals surface area contributed by atoms with Gasteiger partial charge in [-0.25, -0.2) is 4.79 Å². The van der Waals surface area contributed by atoms with Crippen LogP contribution >= 0.6 is 0 Å². The largest absolute Gasteiger partial charge is 0.462 e. The van der Waals surface area contributed by atoms with Crippen molar-refractivity contribution in [1.29, 1.82) is 0 Å². The normalized spacial score (nSPS) is 16.3. The van der Waals surface area contributed by atoms with E-state index >= 15 is 0 Å².